The number of hydrogen-bond donors (Lipinski definition) is 1. The van der Waals surface area contributed by atoms with E-state index in [-0.39, 0.29) is 18.2 Å². The summed E-state index contributed by atoms with van der Waals surface area (Å²) >= 11 is 0. The normalized spacial score (nSPS) is 20.9. The van der Waals surface area contributed by atoms with Gasteiger partial charge in [-0.25, -0.2) is 4.79 Å². The maximum Gasteiger partial charge on any atom is 0.317 e. The average molecular weight is 328 g/mol. The molecule has 0 spiro atoms. The number of nitrogens with zero attached hydrogens (tertiary/aromatic N) is 3. The number of fused-ring (bicyclic) bond motifs is 1. The molecule has 1 unspecified atom stereocenters. The highest BCUT2D eigenvalue weighted by Gasteiger charge is 2.30. The van der Waals surface area contributed by atoms with E-state index >= 15 is 0 Å². The molecule has 1 aromatic carbocycles. The van der Waals surface area contributed by atoms with Gasteiger partial charge >= 0.3 is 6.03 Å². The summed E-state index contributed by atoms with van der Waals surface area (Å²) in [7, 11) is 0. The second-order valence-corrected chi connectivity index (χ2v) is 6.30. The lowest BCUT2D eigenvalue weighted by molar-refractivity contribution is -0.0212. The Hall–Kier alpha value is -2.41. The van der Waals surface area contributed by atoms with E-state index in [9.17, 15) is 4.79 Å². The van der Waals surface area contributed by atoms with Crippen LogP contribution in [0.15, 0.2) is 28.8 Å². The van der Waals surface area contributed by atoms with Crippen molar-refractivity contribution in [2.45, 2.75) is 31.9 Å². The molecule has 0 saturated carbocycles. The number of morpholine rings is 1. The first-order valence-corrected chi connectivity index (χ1v) is 8.23. The molecule has 1 aromatic heterocycles. The van der Waals surface area contributed by atoms with Crippen LogP contribution in [0.25, 0.3) is 0 Å². The summed E-state index contributed by atoms with van der Waals surface area (Å²) in [5, 5.41) is 7.03. The van der Waals surface area contributed by atoms with Crippen LogP contribution in [0, 0.1) is 6.92 Å². The molecule has 1 aliphatic carbocycles. The van der Waals surface area contributed by atoms with Crippen molar-refractivity contribution in [3.8, 4) is 0 Å². The van der Waals surface area contributed by atoms with E-state index in [1.54, 1.807) is 11.8 Å². The quantitative estimate of drug-likeness (QED) is 0.906. The topological polar surface area (TPSA) is 80.5 Å². The van der Waals surface area contributed by atoms with Crippen LogP contribution in [0.4, 0.5) is 4.79 Å². The second-order valence-electron chi connectivity index (χ2n) is 6.30. The Bertz CT molecular complexity index is 720. The molecule has 1 aliphatic heterocycles. The summed E-state index contributed by atoms with van der Waals surface area (Å²) in [6, 6.07) is 8.45. The molecule has 2 amide bonds. The molecular formula is C17H20N4O3. The Morgan fingerprint density at radius 1 is 1.29 bits per heavy atom. The number of aromatic nitrogens is 2. The van der Waals surface area contributed by atoms with E-state index in [1.807, 2.05) is 12.1 Å². The van der Waals surface area contributed by atoms with Gasteiger partial charge in [0.25, 0.3) is 0 Å². The highest BCUT2D eigenvalue weighted by molar-refractivity contribution is 5.75. The standard InChI is InChI=1S/C17H20N4O3/c1-11-18-16(20-24-11)15-10-21(6-7-23-15)17(22)19-14-8-12-4-2-3-5-13(12)9-14/h2-5,14-15H,6-10H2,1H3,(H,19,22). The monoisotopic (exact) mass is 328 g/mol. The molecule has 7 heteroatoms. The minimum Gasteiger partial charge on any atom is -0.366 e. The molecule has 1 saturated heterocycles. The summed E-state index contributed by atoms with van der Waals surface area (Å²) in [4.78, 5) is 18.5. The van der Waals surface area contributed by atoms with E-state index in [0.29, 0.717) is 31.4 Å². The Balaban J connectivity index is 1.36. The van der Waals surface area contributed by atoms with E-state index in [0.717, 1.165) is 12.8 Å². The van der Waals surface area contributed by atoms with Gasteiger partial charge in [-0.2, -0.15) is 4.98 Å². The zero-order valence-corrected chi connectivity index (χ0v) is 13.6. The van der Waals surface area contributed by atoms with Gasteiger partial charge in [-0.05, 0) is 24.0 Å². The largest absolute Gasteiger partial charge is 0.366 e. The van der Waals surface area contributed by atoms with Crippen LogP contribution < -0.4 is 5.32 Å². The van der Waals surface area contributed by atoms with Crippen LogP contribution in [0.5, 0.6) is 0 Å². The molecule has 0 bridgehead atoms. The van der Waals surface area contributed by atoms with Crippen LogP contribution in [-0.4, -0.2) is 46.8 Å². The Kier molecular flexibility index (Phi) is 3.93. The molecule has 1 N–H and O–H groups in total. The third-order valence-electron chi connectivity index (χ3n) is 4.56. The molecule has 1 atom stereocenters. The number of amides is 2. The third-order valence-corrected chi connectivity index (χ3v) is 4.56. The molecular weight excluding hydrogens is 308 g/mol. The molecule has 0 radical (unpaired) electrons. The Labute approximate surface area is 140 Å². The van der Waals surface area contributed by atoms with Crippen molar-refractivity contribution in [2.75, 3.05) is 19.7 Å². The third kappa shape index (κ3) is 2.99. The van der Waals surface area contributed by atoms with E-state index in [2.05, 4.69) is 27.6 Å². The van der Waals surface area contributed by atoms with Crippen molar-refractivity contribution < 1.29 is 14.1 Å². The lowest BCUT2D eigenvalue weighted by Gasteiger charge is -2.32. The average Bonchev–Trinajstić information content (AvgIpc) is 3.20. The Morgan fingerprint density at radius 3 is 2.71 bits per heavy atom. The molecule has 126 valence electrons. The van der Waals surface area contributed by atoms with E-state index in [1.165, 1.54) is 11.1 Å². The van der Waals surface area contributed by atoms with E-state index in [4.69, 9.17) is 9.26 Å². The van der Waals surface area contributed by atoms with Crippen molar-refractivity contribution in [1.82, 2.24) is 20.4 Å². The summed E-state index contributed by atoms with van der Waals surface area (Å²) < 4.78 is 10.7. The van der Waals surface area contributed by atoms with Crippen LogP contribution in [0.2, 0.25) is 0 Å². The molecule has 4 rings (SSSR count). The maximum atomic E-state index is 12.6. The van der Waals surface area contributed by atoms with Crippen LogP contribution in [0.3, 0.4) is 0 Å². The fourth-order valence-electron chi connectivity index (χ4n) is 3.36. The second kappa shape index (κ2) is 6.24. The first kappa shape index (κ1) is 15.1. The zero-order valence-electron chi connectivity index (χ0n) is 13.6. The molecule has 2 heterocycles. The lowest BCUT2D eigenvalue weighted by atomic mass is 10.1. The molecule has 2 aromatic rings. The van der Waals surface area contributed by atoms with Gasteiger partial charge < -0.3 is 19.5 Å². The number of nitrogens with one attached hydrogen (secondary N) is 1. The molecule has 2 aliphatic rings. The Morgan fingerprint density at radius 2 is 2.04 bits per heavy atom. The van der Waals surface area contributed by atoms with Gasteiger partial charge in [-0.1, -0.05) is 29.4 Å². The van der Waals surface area contributed by atoms with E-state index < -0.39 is 0 Å². The summed E-state index contributed by atoms with van der Waals surface area (Å²) in [6.07, 6.45) is 1.45. The SMILES string of the molecule is Cc1nc(C2CN(C(=O)NC3Cc4ccccc4C3)CCO2)no1. The van der Waals surface area contributed by atoms with Crippen LogP contribution in [-0.2, 0) is 17.6 Å². The van der Waals surface area contributed by atoms with Gasteiger partial charge in [0, 0.05) is 19.5 Å². The fourth-order valence-corrected chi connectivity index (χ4v) is 3.36. The summed E-state index contributed by atoms with van der Waals surface area (Å²) in [5.74, 6) is 0.997. The first-order valence-electron chi connectivity index (χ1n) is 8.23. The number of aryl methyl sites for hydroxylation is 1. The number of hydrogen-bond acceptors (Lipinski definition) is 5. The van der Waals surface area contributed by atoms with Crippen molar-refractivity contribution in [1.29, 1.82) is 0 Å². The van der Waals surface area contributed by atoms with Gasteiger partial charge in [0.15, 0.2) is 0 Å². The minimum absolute atomic E-state index is 0.0543. The van der Waals surface area contributed by atoms with Crippen molar-refractivity contribution in [3.05, 3.63) is 47.1 Å². The highest BCUT2D eigenvalue weighted by atomic mass is 16.5. The van der Waals surface area contributed by atoms with Crippen molar-refractivity contribution in [3.63, 3.8) is 0 Å². The summed E-state index contributed by atoms with van der Waals surface area (Å²) in [5.41, 5.74) is 2.65. The van der Waals surface area contributed by atoms with Gasteiger partial charge in [0.2, 0.25) is 11.7 Å². The summed E-state index contributed by atoms with van der Waals surface area (Å²) in [6.45, 7) is 3.21. The van der Waals surface area contributed by atoms with Gasteiger partial charge in [0.1, 0.15) is 6.10 Å². The van der Waals surface area contributed by atoms with Gasteiger partial charge in [-0.15, -0.1) is 0 Å². The number of urea groups is 1. The molecule has 7 nitrogen and oxygen atoms in total. The van der Waals surface area contributed by atoms with Crippen LogP contribution >= 0.6 is 0 Å². The number of carbonyl (C=O) groups is 1. The van der Waals surface area contributed by atoms with Crippen molar-refractivity contribution in [2.24, 2.45) is 0 Å². The number of benzene rings is 1. The minimum atomic E-state index is -0.331. The first-order chi connectivity index (χ1) is 11.7. The molecule has 24 heavy (non-hydrogen) atoms. The van der Waals surface area contributed by atoms with Gasteiger partial charge in [0.05, 0.1) is 13.2 Å². The number of carbonyl (C=O) groups excluding carboxylic acids is 1. The van der Waals surface area contributed by atoms with Crippen LogP contribution in [0.1, 0.15) is 28.9 Å². The smallest absolute Gasteiger partial charge is 0.317 e. The predicted octanol–water partition coefficient (Wildman–Crippen LogP) is 1.63. The fraction of sp³-hybridized carbons (Fsp3) is 0.471. The lowest BCUT2D eigenvalue weighted by Crippen LogP contribution is -2.50. The highest BCUT2D eigenvalue weighted by Crippen LogP contribution is 2.23. The molecule has 1 fully saturated rings. The van der Waals surface area contributed by atoms with Crippen molar-refractivity contribution >= 4 is 6.03 Å². The number of rotatable bonds is 2. The number of ether oxygens (including phenoxy) is 1. The van der Waals surface area contributed by atoms with Gasteiger partial charge in [-0.3, -0.25) is 0 Å². The predicted molar refractivity (Wildman–Crippen MR) is 85.5 cm³/mol. The maximum absolute atomic E-state index is 12.6. The zero-order chi connectivity index (χ0) is 16.5.